The molecule has 2 amide bonds. The first-order valence-corrected chi connectivity index (χ1v) is 8.13. The number of nitrogens with zero attached hydrogens (tertiary/aromatic N) is 1. The first-order chi connectivity index (χ1) is 11.6. The van der Waals surface area contributed by atoms with E-state index in [1.807, 2.05) is 54.6 Å². The van der Waals surface area contributed by atoms with Crippen molar-refractivity contribution in [3.8, 4) is 11.1 Å². The predicted molar refractivity (Wildman–Crippen MR) is 94.8 cm³/mol. The number of aromatic nitrogens is 1. The van der Waals surface area contributed by atoms with Gasteiger partial charge in [-0.1, -0.05) is 65.9 Å². The zero-order valence-corrected chi connectivity index (χ0v) is 13.5. The van der Waals surface area contributed by atoms with E-state index in [9.17, 15) is 9.59 Å². The van der Waals surface area contributed by atoms with E-state index in [0.717, 1.165) is 28.0 Å². The second-order valence-electron chi connectivity index (χ2n) is 5.18. The Morgan fingerprint density at radius 2 is 1.67 bits per heavy atom. The summed E-state index contributed by atoms with van der Waals surface area (Å²) in [4.78, 5) is 27.4. The SMILES string of the molecule is NC(=O)c1cnc(NC(=O)Cc2ccc(-c3ccccc3)cc2)s1. The highest BCUT2D eigenvalue weighted by Gasteiger charge is 2.10. The Bertz CT molecular complexity index is 857. The molecule has 3 aromatic rings. The van der Waals surface area contributed by atoms with Crippen LogP contribution in [0.2, 0.25) is 0 Å². The summed E-state index contributed by atoms with van der Waals surface area (Å²) in [6.45, 7) is 0. The molecule has 120 valence electrons. The molecule has 0 aliphatic heterocycles. The summed E-state index contributed by atoms with van der Waals surface area (Å²) in [6.07, 6.45) is 1.60. The number of rotatable bonds is 5. The van der Waals surface area contributed by atoms with Crippen molar-refractivity contribution < 1.29 is 9.59 Å². The van der Waals surface area contributed by atoms with Crippen LogP contribution in [0.4, 0.5) is 5.13 Å². The molecule has 2 aromatic carbocycles. The zero-order chi connectivity index (χ0) is 16.9. The van der Waals surface area contributed by atoms with Crippen LogP contribution in [0.3, 0.4) is 0 Å². The molecule has 0 saturated heterocycles. The van der Waals surface area contributed by atoms with Crippen molar-refractivity contribution in [1.82, 2.24) is 4.98 Å². The van der Waals surface area contributed by atoms with Gasteiger partial charge in [0.15, 0.2) is 5.13 Å². The number of carbonyl (C=O) groups excluding carboxylic acids is 2. The largest absolute Gasteiger partial charge is 0.365 e. The monoisotopic (exact) mass is 337 g/mol. The van der Waals surface area contributed by atoms with Gasteiger partial charge < -0.3 is 11.1 Å². The Labute approximate surface area is 143 Å². The molecule has 0 atom stereocenters. The molecule has 0 unspecified atom stereocenters. The van der Waals surface area contributed by atoms with E-state index < -0.39 is 5.91 Å². The van der Waals surface area contributed by atoms with Crippen molar-refractivity contribution in [1.29, 1.82) is 0 Å². The minimum Gasteiger partial charge on any atom is -0.365 e. The first-order valence-electron chi connectivity index (χ1n) is 7.31. The van der Waals surface area contributed by atoms with E-state index in [-0.39, 0.29) is 12.3 Å². The van der Waals surface area contributed by atoms with Gasteiger partial charge in [-0.25, -0.2) is 4.98 Å². The van der Waals surface area contributed by atoms with E-state index >= 15 is 0 Å². The van der Waals surface area contributed by atoms with Gasteiger partial charge >= 0.3 is 0 Å². The van der Waals surface area contributed by atoms with Gasteiger partial charge in [0.2, 0.25) is 5.91 Å². The van der Waals surface area contributed by atoms with Crippen molar-refractivity contribution in [2.45, 2.75) is 6.42 Å². The van der Waals surface area contributed by atoms with E-state index in [1.54, 1.807) is 0 Å². The Morgan fingerprint density at radius 1 is 1.00 bits per heavy atom. The second-order valence-corrected chi connectivity index (χ2v) is 6.21. The van der Waals surface area contributed by atoms with E-state index in [0.29, 0.717) is 10.0 Å². The van der Waals surface area contributed by atoms with Gasteiger partial charge in [0, 0.05) is 0 Å². The maximum absolute atomic E-state index is 12.1. The summed E-state index contributed by atoms with van der Waals surface area (Å²) in [5, 5.41) is 3.04. The van der Waals surface area contributed by atoms with Crippen LogP contribution in [0, 0.1) is 0 Å². The topological polar surface area (TPSA) is 85.1 Å². The van der Waals surface area contributed by atoms with Gasteiger partial charge in [0.1, 0.15) is 4.88 Å². The number of carbonyl (C=O) groups is 2. The molecule has 0 bridgehead atoms. The summed E-state index contributed by atoms with van der Waals surface area (Å²) in [5.41, 5.74) is 8.30. The molecule has 3 rings (SSSR count). The number of primary amides is 1. The average Bonchev–Trinajstić information content (AvgIpc) is 3.05. The van der Waals surface area contributed by atoms with Gasteiger partial charge in [-0.2, -0.15) is 0 Å². The number of amides is 2. The fraction of sp³-hybridized carbons (Fsp3) is 0.0556. The molecule has 0 spiro atoms. The molecule has 24 heavy (non-hydrogen) atoms. The van der Waals surface area contributed by atoms with Crippen LogP contribution in [-0.4, -0.2) is 16.8 Å². The lowest BCUT2D eigenvalue weighted by atomic mass is 10.0. The standard InChI is InChI=1S/C18H15N3O2S/c19-17(23)15-11-20-18(24-15)21-16(22)10-12-6-8-14(9-7-12)13-4-2-1-3-5-13/h1-9,11H,10H2,(H2,19,23)(H,20,21,22). The van der Waals surface area contributed by atoms with Crippen molar-refractivity contribution in [3.63, 3.8) is 0 Å². The van der Waals surface area contributed by atoms with E-state index in [2.05, 4.69) is 10.3 Å². The zero-order valence-electron chi connectivity index (χ0n) is 12.7. The molecule has 0 aliphatic rings. The van der Waals surface area contributed by atoms with Gasteiger partial charge in [-0.05, 0) is 16.7 Å². The van der Waals surface area contributed by atoms with Crippen LogP contribution in [0.1, 0.15) is 15.2 Å². The highest BCUT2D eigenvalue weighted by atomic mass is 32.1. The first kappa shape index (κ1) is 15.9. The molecule has 0 radical (unpaired) electrons. The van der Waals surface area contributed by atoms with Crippen LogP contribution < -0.4 is 11.1 Å². The third-order valence-corrected chi connectivity index (χ3v) is 4.35. The van der Waals surface area contributed by atoms with Crippen LogP contribution >= 0.6 is 11.3 Å². The maximum atomic E-state index is 12.1. The molecular formula is C18H15N3O2S. The number of nitrogens with two attached hydrogens (primary N) is 1. The van der Waals surface area contributed by atoms with Crippen molar-refractivity contribution in [2.24, 2.45) is 5.73 Å². The number of benzene rings is 2. The van der Waals surface area contributed by atoms with E-state index in [1.165, 1.54) is 6.20 Å². The van der Waals surface area contributed by atoms with Crippen LogP contribution in [0.5, 0.6) is 0 Å². The number of nitrogens with one attached hydrogen (secondary N) is 1. The van der Waals surface area contributed by atoms with Gasteiger partial charge in [-0.15, -0.1) is 0 Å². The third kappa shape index (κ3) is 3.85. The molecule has 0 saturated carbocycles. The summed E-state index contributed by atoms with van der Waals surface area (Å²) in [5.74, 6) is -0.739. The second kappa shape index (κ2) is 7.06. The minimum atomic E-state index is -0.551. The summed E-state index contributed by atoms with van der Waals surface area (Å²) in [6, 6.07) is 17.9. The highest BCUT2D eigenvalue weighted by molar-refractivity contribution is 7.17. The minimum absolute atomic E-state index is 0.187. The van der Waals surface area contributed by atoms with Crippen molar-refractivity contribution in [3.05, 3.63) is 71.2 Å². The fourth-order valence-corrected chi connectivity index (χ4v) is 2.92. The molecule has 1 aromatic heterocycles. The Kier molecular flexibility index (Phi) is 4.67. The molecular weight excluding hydrogens is 322 g/mol. The molecule has 1 heterocycles. The molecule has 0 fully saturated rings. The predicted octanol–water partition coefficient (Wildman–Crippen LogP) is 3.09. The third-order valence-electron chi connectivity index (χ3n) is 3.42. The maximum Gasteiger partial charge on any atom is 0.260 e. The lowest BCUT2D eigenvalue weighted by molar-refractivity contribution is -0.115. The fourth-order valence-electron chi connectivity index (χ4n) is 2.24. The van der Waals surface area contributed by atoms with Crippen molar-refractivity contribution >= 4 is 28.3 Å². The van der Waals surface area contributed by atoms with Gasteiger partial charge in [0.05, 0.1) is 12.6 Å². The normalized spacial score (nSPS) is 10.3. The van der Waals surface area contributed by atoms with Gasteiger partial charge in [0.25, 0.3) is 5.91 Å². The number of hydrogen-bond donors (Lipinski definition) is 2. The molecule has 5 nitrogen and oxygen atoms in total. The lowest BCUT2D eigenvalue weighted by Crippen LogP contribution is -2.14. The Balaban J connectivity index is 1.63. The molecule has 6 heteroatoms. The molecule has 0 aliphatic carbocycles. The lowest BCUT2D eigenvalue weighted by Gasteiger charge is -2.05. The Morgan fingerprint density at radius 3 is 2.29 bits per heavy atom. The van der Waals surface area contributed by atoms with E-state index in [4.69, 9.17) is 5.73 Å². The number of thiazole rings is 1. The van der Waals surface area contributed by atoms with Crippen LogP contribution in [-0.2, 0) is 11.2 Å². The van der Waals surface area contributed by atoms with Gasteiger partial charge in [-0.3, -0.25) is 9.59 Å². The number of hydrogen-bond acceptors (Lipinski definition) is 4. The number of anilines is 1. The quantitative estimate of drug-likeness (QED) is 0.750. The van der Waals surface area contributed by atoms with Crippen LogP contribution in [0.15, 0.2) is 60.8 Å². The smallest absolute Gasteiger partial charge is 0.260 e. The summed E-state index contributed by atoms with van der Waals surface area (Å²) in [7, 11) is 0. The van der Waals surface area contributed by atoms with Crippen LogP contribution in [0.25, 0.3) is 11.1 Å². The Hall–Kier alpha value is -2.99. The highest BCUT2D eigenvalue weighted by Crippen LogP contribution is 2.20. The molecule has 3 N–H and O–H groups in total. The summed E-state index contributed by atoms with van der Waals surface area (Å²) < 4.78 is 0. The average molecular weight is 337 g/mol. The van der Waals surface area contributed by atoms with Crippen molar-refractivity contribution in [2.75, 3.05) is 5.32 Å². The summed E-state index contributed by atoms with van der Waals surface area (Å²) >= 11 is 1.06.